The van der Waals surface area contributed by atoms with Gasteiger partial charge in [-0.15, -0.1) is 0 Å². The highest BCUT2D eigenvalue weighted by Crippen LogP contribution is 2.50. The van der Waals surface area contributed by atoms with E-state index in [-0.39, 0.29) is 10.8 Å². The molecule has 3 aromatic rings. The van der Waals surface area contributed by atoms with E-state index in [9.17, 15) is 9.59 Å². The Labute approximate surface area is 326 Å². The summed E-state index contributed by atoms with van der Waals surface area (Å²) >= 11 is 6.52. The summed E-state index contributed by atoms with van der Waals surface area (Å²) < 4.78 is 6.33. The minimum Gasteiger partial charge on any atom is -0.492 e. The minimum absolute atomic E-state index is 0.0814. The van der Waals surface area contributed by atoms with Crippen LogP contribution in [0.4, 0.5) is 11.4 Å². The molecule has 0 bridgehead atoms. The first-order chi connectivity index (χ1) is 26.2. The number of nitrogens with one attached hydrogen (secondary N) is 1. The quantitative estimate of drug-likeness (QED) is 0.221. The van der Waals surface area contributed by atoms with Gasteiger partial charge in [-0.2, -0.15) is 0 Å². The topological polar surface area (TPSA) is 77.5 Å². The van der Waals surface area contributed by atoms with Crippen LogP contribution in [-0.4, -0.2) is 87.7 Å². The fourth-order valence-corrected chi connectivity index (χ4v) is 10.9. The van der Waals surface area contributed by atoms with Gasteiger partial charge in [-0.3, -0.25) is 19.5 Å². The van der Waals surface area contributed by atoms with E-state index in [1.807, 2.05) is 32.3 Å². The number of ether oxygens (including phenoxy) is 1. The molecule has 0 radical (unpaired) electrons. The second-order valence-electron chi connectivity index (χ2n) is 17.1. The lowest BCUT2D eigenvalue weighted by molar-refractivity contribution is 0.0810. The Morgan fingerprint density at radius 2 is 1.65 bits per heavy atom. The lowest BCUT2D eigenvalue weighted by Gasteiger charge is -2.43. The molecule has 1 aliphatic carbocycles. The fraction of sp³-hybridized carbons (Fsp3) is 0.533. The molecule has 8 rings (SSSR count). The van der Waals surface area contributed by atoms with Gasteiger partial charge in [0.2, 0.25) is 0 Å². The highest BCUT2D eigenvalue weighted by atomic mass is 35.5. The molecule has 5 aliphatic rings. The molecule has 286 valence electrons. The van der Waals surface area contributed by atoms with Gasteiger partial charge >= 0.3 is 0 Å². The average Bonchev–Trinajstić information content (AvgIpc) is 3.66. The fourth-order valence-electron chi connectivity index (χ4n) is 10.7. The Hall–Kier alpha value is -3.56. The highest BCUT2D eigenvalue weighted by Gasteiger charge is 2.45. The number of carbonyl (C=O) groups excluding carboxylic acids is 2. The molecular weight excluding hydrogens is 694 g/mol. The molecule has 9 heteroatoms. The molecule has 4 aliphatic heterocycles. The Balaban J connectivity index is 0.854. The van der Waals surface area contributed by atoms with Gasteiger partial charge in [-0.05, 0) is 140 Å². The van der Waals surface area contributed by atoms with E-state index in [4.69, 9.17) is 21.3 Å². The zero-order valence-corrected chi connectivity index (χ0v) is 33.3. The number of hydrogen-bond acceptors (Lipinski definition) is 7. The molecule has 2 saturated heterocycles. The largest absolute Gasteiger partial charge is 0.492 e. The van der Waals surface area contributed by atoms with Crippen LogP contribution >= 0.6 is 11.6 Å². The summed E-state index contributed by atoms with van der Waals surface area (Å²) in [4.78, 5) is 36.3. The summed E-state index contributed by atoms with van der Waals surface area (Å²) in [5.41, 5.74) is 7.86. The first-order valence-corrected chi connectivity index (χ1v) is 20.6. The van der Waals surface area contributed by atoms with Crippen molar-refractivity contribution in [2.75, 3.05) is 58.3 Å². The van der Waals surface area contributed by atoms with Crippen molar-refractivity contribution in [1.82, 2.24) is 15.1 Å². The smallest absolute Gasteiger partial charge is 0.153 e. The van der Waals surface area contributed by atoms with E-state index in [0.29, 0.717) is 29.1 Å². The number of likely N-dealkylation sites (tertiary alicyclic amines) is 2. The number of anilines is 2. The Kier molecular flexibility index (Phi) is 10.5. The van der Waals surface area contributed by atoms with Crippen LogP contribution in [0, 0.1) is 5.92 Å². The van der Waals surface area contributed by atoms with E-state index < -0.39 is 0 Å². The molecule has 1 N–H and O–H groups in total. The van der Waals surface area contributed by atoms with E-state index in [1.54, 1.807) is 6.07 Å². The second kappa shape index (κ2) is 15.2. The maximum absolute atomic E-state index is 12.2. The number of benzene rings is 3. The molecule has 0 atom stereocenters. The van der Waals surface area contributed by atoms with Crippen molar-refractivity contribution in [3.63, 3.8) is 0 Å². The monoisotopic (exact) mass is 749 g/mol. The van der Waals surface area contributed by atoms with Crippen molar-refractivity contribution in [2.24, 2.45) is 10.9 Å². The number of nitrogens with zero attached hydrogens (tertiary/aromatic N) is 4. The zero-order valence-electron chi connectivity index (χ0n) is 32.5. The number of amidine groups is 1. The number of halogens is 1. The van der Waals surface area contributed by atoms with Crippen LogP contribution < -0.4 is 15.0 Å². The van der Waals surface area contributed by atoms with E-state index >= 15 is 0 Å². The molecule has 3 aromatic carbocycles. The van der Waals surface area contributed by atoms with Crippen molar-refractivity contribution in [1.29, 1.82) is 0 Å². The van der Waals surface area contributed by atoms with Crippen LogP contribution in [-0.2, 0) is 17.4 Å². The van der Waals surface area contributed by atoms with Crippen LogP contribution in [0.5, 0.6) is 5.75 Å². The number of carbonyl (C=O) groups is 2. The Bertz CT molecular complexity index is 1920. The molecule has 3 fully saturated rings. The second-order valence-corrected chi connectivity index (χ2v) is 17.5. The number of piperidine rings is 2. The van der Waals surface area contributed by atoms with E-state index in [0.717, 1.165) is 98.2 Å². The standard InChI is InChI=1S/C45H56ClN5O3/c1-44(2)37-14-10-32(24-41(37)51(43(44)48-4)40-7-5-6-39(46)36(40)28-53)31-16-20-50(21-17-31)34-12-8-30(9-13-34)26-49-22-18-45(19-23-49)29-54-42-35(25-47-3)33(27-52)11-15-38(42)45/h5-7,10-11,14-15,24,27-28,30-31,34,47H,8-9,12-13,16-23,25-26,29H2,1-4H3. The zero-order chi connectivity index (χ0) is 37.6. The van der Waals surface area contributed by atoms with Gasteiger partial charge in [0.05, 0.1) is 28.6 Å². The summed E-state index contributed by atoms with van der Waals surface area (Å²) in [6, 6.07) is 17.5. The number of fused-ring (bicyclic) bond motifs is 3. The third-order valence-electron chi connectivity index (χ3n) is 13.8. The Morgan fingerprint density at radius 1 is 0.907 bits per heavy atom. The van der Waals surface area contributed by atoms with Crippen molar-refractivity contribution < 1.29 is 14.3 Å². The van der Waals surface area contributed by atoms with Crippen LogP contribution in [0.25, 0.3) is 0 Å². The summed E-state index contributed by atoms with van der Waals surface area (Å²) in [6.45, 7) is 11.6. The van der Waals surface area contributed by atoms with Crippen LogP contribution in [0.3, 0.4) is 0 Å². The van der Waals surface area contributed by atoms with Gasteiger partial charge in [0.1, 0.15) is 11.6 Å². The van der Waals surface area contributed by atoms with Gasteiger partial charge in [0.25, 0.3) is 0 Å². The lowest BCUT2D eigenvalue weighted by Crippen LogP contribution is -2.46. The first kappa shape index (κ1) is 37.4. The van der Waals surface area contributed by atoms with Crippen molar-refractivity contribution in [3.8, 4) is 5.75 Å². The maximum Gasteiger partial charge on any atom is 0.153 e. The van der Waals surface area contributed by atoms with Crippen LogP contribution in [0.15, 0.2) is 53.5 Å². The molecule has 1 saturated carbocycles. The predicted molar refractivity (Wildman–Crippen MR) is 219 cm³/mol. The van der Waals surface area contributed by atoms with Crippen LogP contribution in [0.1, 0.15) is 114 Å². The van der Waals surface area contributed by atoms with Crippen molar-refractivity contribution in [2.45, 2.75) is 94.5 Å². The van der Waals surface area contributed by atoms with Gasteiger partial charge in [-0.1, -0.05) is 41.9 Å². The minimum atomic E-state index is -0.291. The molecule has 0 aromatic heterocycles. The molecular formula is C45H56ClN5O3. The number of rotatable bonds is 9. The van der Waals surface area contributed by atoms with Crippen LogP contribution in [0.2, 0.25) is 5.02 Å². The van der Waals surface area contributed by atoms with Gasteiger partial charge in [-0.25, -0.2) is 0 Å². The summed E-state index contributed by atoms with van der Waals surface area (Å²) in [5, 5.41) is 3.68. The molecule has 0 unspecified atom stereocenters. The SMILES string of the molecule is CN=C1N(c2cccc(Cl)c2C=O)c2cc(C3CCN(C4CCC(CN5CCC6(CC5)COc5c6ccc(C=O)c5CNC)CC4)CC3)ccc2C1(C)C. The summed E-state index contributed by atoms with van der Waals surface area (Å²) in [6.07, 6.45) is 11.7. The average molecular weight is 750 g/mol. The third kappa shape index (κ3) is 6.51. The molecule has 4 heterocycles. The normalized spacial score (nSPS) is 24.8. The van der Waals surface area contributed by atoms with Crippen molar-refractivity contribution >= 4 is 41.4 Å². The first-order valence-electron chi connectivity index (χ1n) is 20.2. The highest BCUT2D eigenvalue weighted by molar-refractivity contribution is 6.34. The van der Waals surface area contributed by atoms with E-state index in [2.05, 4.69) is 58.1 Å². The molecule has 0 amide bonds. The summed E-state index contributed by atoms with van der Waals surface area (Å²) in [5.74, 6) is 3.18. The molecule has 1 spiro atoms. The molecule has 8 nitrogen and oxygen atoms in total. The Morgan fingerprint density at radius 3 is 2.33 bits per heavy atom. The predicted octanol–water partition coefficient (Wildman–Crippen LogP) is 8.31. The van der Waals surface area contributed by atoms with Crippen molar-refractivity contribution in [3.05, 3.63) is 86.9 Å². The number of aldehydes is 2. The molecule has 54 heavy (non-hydrogen) atoms. The third-order valence-corrected chi connectivity index (χ3v) is 14.1. The van der Waals surface area contributed by atoms with Gasteiger partial charge < -0.3 is 19.9 Å². The van der Waals surface area contributed by atoms with E-state index in [1.165, 1.54) is 61.8 Å². The van der Waals surface area contributed by atoms with Gasteiger partial charge in [0.15, 0.2) is 12.6 Å². The number of aliphatic imine (C=N–C) groups is 1. The lowest BCUT2D eigenvalue weighted by atomic mass is 9.73. The van der Waals surface area contributed by atoms with Gasteiger partial charge in [0, 0.05) is 53.7 Å². The summed E-state index contributed by atoms with van der Waals surface area (Å²) in [7, 11) is 3.76. The number of hydrogen-bond donors (Lipinski definition) is 1. The maximum atomic E-state index is 12.2.